The van der Waals surface area contributed by atoms with Gasteiger partial charge in [-0.1, -0.05) is 90.0 Å². The molecule has 1 atom stereocenters. The monoisotopic (exact) mass is 619 g/mol. The Balaban J connectivity index is 1.83. The molecule has 0 aliphatic carbocycles. The summed E-state index contributed by atoms with van der Waals surface area (Å²) in [7, 11) is -1.35. The van der Waals surface area contributed by atoms with Gasteiger partial charge in [0.15, 0.2) is 0 Å². The minimum atomic E-state index is -4.28. The van der Waals surface area contributed by atoms with E-state index >= 15 is 0 Å². The number of nitrogens with zero attached hydrogens (tertiary/aromatic N) is 2. The number of hydrogen-bond donors (Lipinski definition) is 1. The second kappa shape index (κ2) is 14.2. The molecular weight excluding hydrogens is 586 g/mol. The van der Waals surface area contributed by atoms with Gasteiger partial charge in [0.2, 0.25) is 11.8 Å². The van der Waals surface area contributed by atoms with Crippen molar-refractivity contribution in [2.75, 3.05) is 25.0 Å². The Bertz CT molecular complexity index is 1670. The minimum absolute atomic E-state index is 0.0119. The number of aryl methyl sites for hydroxylation is 1. The molecule has 1 N–H and O–H groups in total. The molecule has 0 fully saturated rings. The quantitative estimate of drug-likeness (QED) is 0.234. The van der Waals surface area contributed by atoms with E-state index in [9.17, 15) is 18.0 Å². The maximum atomic E-state index is 14.4. The Hall–Kier alpha value is -4.34. The van der Waals surface area contributed by atoms with Crippen LogP contribution in [0.1, 0.15) is 16.7 Å². The van der Waals surface area contributed by atoms with Gasteiger partial charge < -0.3 is 15.0 Å². The normalized spacial score (nSPS) is 11.8. The number of rotatable bonds is 12. The van der Waals surface area contributed by atoms with Crippen molar-refractivity contribution in [1.29, 1.82) is 0 Å². The van der Waals surface area contributed by atoms with E-state index in [0.717, 1.165) is 21.0 Å². The summed E-state index contributed by atoms with van der Waals surface area (Å²) in [6, 6.07) is 28.4. The second-order valence-electron chi connectivity index (χ2n) is 9.97. The largest absolute Gasteiger partial charge is 0.495 e. The molecule has 0 aliphatic rings. The molecule has 0 radical (unpaired) electrons. The highest BCUT2D eigenvalue weighted by atomic mass is 35.5. The van der Waals surface area contributed by atoms with Crippen molar-refractivity contribution in [1.82, 2.24) is 10.2 Å². The Labute approximate surface area is 257 Å². The minimum Gasteiger partial charge on any atom is -0.495 e. The summed E-state index contributed by atoms with van der Waals surface area (Å²) in [5.41, 5.74) is 2.74. The van der Waals surface area contributed by atoms with Crippen molar-refractivity contribution in [3.8, 4) is 5.75 Å². The Morgan fingerprint density at radius 3 is 2.16 bits per heavy atom. The van der Waals surface area contributed by atoms with Gasteiger partial charge in [0.1, 0.15) is 18.3 Å². The van der Waals surface area contributed by atoms with Crippen LogP contribution in [-0.4, -0.2) is 51.9 Å². The van der Waals surface area contributed by atoms with E-state index in [1.165, 1.54) is 37.3 Å². The standard InChI is InChI=1S/C33H34ClN3O5S/c1-24-11-10-14-26(19-24)22-36(30(33(39)35-2)20-25-12-6-4-7-13-25)32(38)23-37(29-21-27(34)17-18-31(29)42-3)43(40,41)28-15-8-5-9-16-28/h4-19,21,30H,20,22-23H2,1-3H3,(H,35,39). The van der Waals surface area contributed by atoms with Crippen molar-refractivity contribution in [3.63, 3.8) is 0 Å². The van der Waals surface area contributed by atoms with E-state index in [1.54, 1.807) is 30.3 Å². The lowest BCUT2D eigenvalue weighted by Gasteiger charge is -2.34. The van der Waals surface area contributed by atoms with Crippen LogP contribution in [0, 0.1) is 6.92 Å². The topological polar surface area (TPSA) is 96.0 Å². The third-order valence-corrected chi connectivity index (χ3v) is 8.98. The molecule has 1 unspecified atom stereocenters. The summed E-state index contributed by atoms with van der Waals surface area (Å²) < 4.78 is 34.7. The number of hydrogen-bond acceptors (Lipinski definition) is 5. The van der Waals surface area contributed by atoms with E-state index in [-0.39, 0.29) is 40.2 Å². The Morgan fingerprint density at radius 1 is 0.884 bits per heavy atom. The van der Waals surface area contributed by atoms with Gasteiger partial charge in [-0.15, -0.1) is 0 Å². The number of amides is 2. The predicted molar refractivity (Wildman–Crippen MR) is 169 cm³/mol. The number of halogens is 1. The van der Waals surface area contributed by atoms with Gasteiger partial charge in [-0.2, -0.15) is 0 Å². The SMILES string of the molecule is CNC(=O)C(Cc1ccccc1)N(Cc1cccc(C)c1)C(=O)CN(c1cc(Cl)ccc1OC)S(=O)(=O)c1ccccc1. The molecule has 224 valence electrons. The first kappa shape index (κ1) is 31.6. The highest BCUT2D eigenvalue weighted by Crippen LogP contribution is 2.35. The fraction of sp³-hybridized carbons (Fsp3) is 0.212. The molecular formula is C33H34ClN3O5S. The number of sulfonamides is 1. The Kier molecular flexibility index (Phi) is 10.4. The highest BCUT2D eigenvalue weighted by Gasteiger charge is 2.35. The molecule has 43 heavy (non-hydrogen) atoms. The van der Waals surface area contributed by atoms with Gasteiger partial charge in [0.05, 0.1) is 17.7 Å². The lowest BCUT2D eigenvalue weighted by atomic mass is 10.0. The van der Waals surface area contributed by atoms with Gasteiger partial charge in [-0.25, -0.2) is 8.42 Å². The molecule has 0 spiro atoms. The van der Waals surface area contributed by atoms with Crippen molar-refractivity contribution >= 4 is 39.1 Å². The van der Waals surface area contributed by atoms with Crippen LogP contribution >= 0.6 is 11.6 Å². The second-order valence-corrected chi connectivity index (χ2v) is 12.3. The molecule has 8 nitrogen and oxygen atoms in total. The third-order valence-electron chi connectivity index (χ3n) is 6.97. The zero-order valence-electron chi connectivity index (χ0n) is 24.2. The van der Waals surface area contributed by atoms with Crippen LogP contribution in [0.5, 0.6) is 5.75 Å². The first-order chi connectivity index (χ1) is 20.6. The van der Waals surface area contributed by atoms with Crippen LogP contribution in [0.25, 0.3) is 0 Å². The van der Waals surface area contributed by atoms with Crippen LogP contribution in [-0.2, 0) is 32.6 Å². The number of ether oxygens (including phenoxy) is 1. The van der Waals surface area contributed by atoms with Gasteiger partial charge in [0.25, 0.3) is 10.0 Å². The zero-order chi connectivity index (χ0) is 31.0. The predicted octanol–water partition coefficient (Wildman–Crippen LogP) is 5.24. The molecule has 10 heteroatoms. The molecule has 0 bridgehead atoms. The van der Waals surface area contributed by atoms with E-state index < -0.39 is 28.5 Å². The molecule has 0 saturated carbocycles. The first-order valence-electron chi connectivity index (χ1n) is 13.7. The number of anilines is 1. The van der Waals surface area contributed by atoms with Gasteiger partial charge in [-0.05, 0) is 48.4 Å². The Morgan fingerprint density at radius 2 is 1.53 bits per heavy atom. The summed E-state index contributed by atoms with van der Waals surface area (Å²) in [4.78, 5) is 29.2. The molecule has 0 aliphatic heterocycles. The zero-order valence-corrected chi connectivity index (χ0v) is 25.8. The summed E-state index contributed by atoms with van der Waals surface area (Å²) >= 11 is 6.31. The first-order valence-corrected chi connectivity index (χ1v) is 15.5. The lowest BCUT2D eigenvalue weighted by molar-refractivity contribution is -0.139. The van der Waals surface area contributed by atoms with Crippen molar-refractivity contribution in [3.05, 3.63) is 125 Å². The number of methoxy groups -OCH3 is 1. The third kappa shape index (κ3) is 7.74. The van der Waals surface area contributed by atoms with Crippen LogP contribution in [0.2, 0.25) is 5.02 Å². The molecule has 4 rings (SSSR count). The highest BCUT2D eigenvalue weighted by molar-refractivity contribution is 7.92. The maximum Gasteiger partial charge on any atom is 0.264 e. The van der Waals surface area contributed by atoms with E-state index in [0.29, 0.717) is 0 Å². The van der Waals surface area contributed by atoms with Gasteiger partial charge in [0, 0.05) is 25.0 Å². The van der Waals surface area contributed by atoms with Crippen molar-refractivity contribution in [2.45, 2.75) is 30.8 Å². The van der Waals surface area contributed by atoms with Crippen molar-refractivity contribution < 1.29 is 22.7 Å². The maximum absolute atomic E-state index is 14.4. The van der Waals surface area contributed by atoms with Gasteiger partial charge >= 0.3 is 0 Å². The molecule has 0 aromatic heterocycles. The molecule has 0 heterocycles. The van der Waals surface area contributed by atoms with Crippen LogP contribution in [0.4, 0.5) is 5.69 Å². The van der Waals surface area contributed by atoms with Crippen LogP contribution in [0.15, 0.2) is 108 Å². The summed E-state index contributed by atoms with van der Waals surface area (Å²) in [6.45, 7) is 1.41. The number of benzene rings is 4. The summed E-state index contributed by atoms with van der Waals surface area (Å²) in [6.07, 6.45) is 0.226. The summed E-state index contributed by atoms with van der Waals surface area (Å²) in [5.74, 6) is -0.732. The van der Waals surface area contributed by atoms with Crippen LogP contribution < -0.4 is 14.4 Å². The lowest BCUT2D eigenvalue weighted by Crippen LogP contribution is -2.53. The number of nitrogens with one attached hydrogen (secondary N) is 1. The average Bonchev–Trinajstić information content (AvgIpc) is 3.02. The molecule has 0 saturated heterocycles. The van der Waals surface area contributed by atoms with Crippen molar-refractivity contribution in [2.24, 2.45) is 0 Å². The fourth-order valence-electron chi connectivity index (χ4n) is 4.82. The number of carbonyl (C=O) groups is 2. The van der Waals surface area contributed by atoms with Gasteiger partial charge in [-0.3, -0.25) is 13.9 Å². The van der Waals surface area contributed by atoms with E-state index in [1.807, 2.05) is 61.5 Å². The van der Waals surface area contributed by atoms with Crippen LogP contribution in [0.3, 0.4) is 0 Å². The van der Waals surface area contributed by atoms with E-state index in [2.05, 4.69) is 5.32 Å². The molecule has 2 amide bonds. The molecule has 4 aromatic rings. The summed E-state index contributed by atoms with van der Waals surface area (Å²) in [5, 5.41) is 2.95. The fourth-order valence-corrected chi connectivity index (χ4v) is 6.42. The molecule has 4 aromatic carbocycles. The van der Waals surface area contributed by atoms with E-state index in [4.69, 9.17) is 16.3 Å². The number of carbonyl (C=O) groups excluding carboxylic acids is 2. The number of likely N-dealkylation sites (N-methyl/N-ethyl adjacent to an activating group) is 1. The average molecular weight is 620 g/mol. The smallest absolute Gasteiger partial charge is 0.264 e.